The number of fused-ring (bicyclic) bond motifs is 7. The number of hydrogen-bond acceptors (Lipinski definition) is 20. The second kappa shape index (κ2) is 20.0. The van der Waals surface area contributed by atoms with Gasteiger partial charge in [-0.3, -0.25) is 0 Å². The monoisotopic (exact) mass is 951 g/mol. The first-order valence-corrected chi connectivity index (χ1v) is 24.3. The molecular weight excluding hydrogens is 872 g/mol. The van der Waals surface area contributed by atoms with Gasteiger partial charge in [0, 0.05) is 19.4 Å². The summed E-state index contributed by atoms with van der Waals surface area (Å²) in [4.78, 5) is 0. The van der Waals surface area contributed by atoms with Gasteiger partial charge in [0.15, 0.2) is 24.7 Å². The number of aliphatic hydroxyl groups is 12. The molecule has 4 saturated carbocycles. The Morgan fingerprint density at radius 3 is 1.86 bits per heavy atom. The molecule has 66 heavy (non-hydrogen) atoms. The van der Waals surface area contributed by atoms with Crippen molar-refractivity contribution in [2.45, 2.75) is 202 Å². The molecule has 4 heterocycles. The Balaban J connectivity index is 0.896. The molecule has 0 aromatic carbocycles. The first-order chi connectivity index (χ1) is 31.3. The summed E-state index contributed by atoms with van der Waals surface area (Å²) in [5.74, 6) is 0.942. The first-order valence-electron chi connectivity index (χ1n) is 24.3. The average Bonchev–Trinajstić information content (AvgIpc) is 3.76. The molecule has 4 aliphatic carbocycles. The van der Waals surface area contributed by atoms with E-state index < -0.39 is 130 Å². The summed E-state index contributed by atoms with van der Waals surface area (Å²) in [7, 11) is 1.71. The lowest BCUT2D eigenvalue weighted by atomic mass is 9.44. The summed E-state index contributed by atoms with van der Waals surface area (Å²) in [6.07, 6.45) is -17.0. The van der Waals surface area contributed by atoms with Crippen molar-refractivity contribution in [2.75, 3.05) is 33.5 Å². The normalized spacial score (nSPS) is 55.4. The molecule has 4 aliphatic heterocycles. The van der Waals surface area contributed by atoms with E-state index in [2.05, 4.69) is 20.8 Å². The number of ether oxygens (including phenoxy) is 8. The Morgan fingerprint density at radius 2 is 1.24 bits per heavy atom. The van der Waals surface area contributed by atoms with Gasteiger partial charge in [0.05, 0.1) is 44.7 Å². The minimum absolute atomic E-state index is 0.00426. The maximum atomic E-state index is 11.9. The predicted octanol–water partition coefficient (Wildman–Crippen LogP) is -2.15. The largest absolute Gasteiger partial charge is 0.394 e. The fraction of sp³-hybridized carbons (Fsp3) is 1.00. The molecule has 382 valence electrons. The summed E-state index contributed by atoms with van der Waals surface area (Å²) < 4.78 is 48.5. The van der Waals surface area contributed by atoms with Gasteiger partial charge < -0.3 is 99.2 Å². The van der Waals surface area contributed by atoms with Gasteiger partial charge in [0.25, 0.3) is 0 Å². The molecule has 12 N–H and O–H groups in total. The lowest BCUT2D eigenvalue weighted by Gasteiger charge is -2.62. The van der Waals surface area contributed by atoms with Gasteiger partial charge in [-0.2, -0.15) is 0 Å². The van der Waals surface area contributed by atoms with E-state index in [-0.39, 0.29) is 47.2 Å². The number of hydrogen-bond donors (Lipinski definition) is 12. The van der Waals surface area contributed by atoms with Crippen LogP contribution in [0, 0.1) is 52.3 Å². The van der Waals surface area contributed by atoms with Gasteiger partial charge in [-0.25, -0.2) is 0 Å². The van der Waals surface area contributed by atoms with Crippen molar-refractivity contribution in [1.29, 1.82) is 0 Å². The minimum atomic E-state index is -1.80. The van der Waals surface area contributed by atoms with Gasteiger partial charge in [-0.05, 0) is 97.7 Å². The molecule has 0 aromatic rings. The second-order valence-electron chi connectivity index (χ2n) is 21.8. The molecule has 0 amide bonds. The van der Waals surface area contributed by atoms with Crippen molar-refractivity contribution in [2.24, 2.45) is 52.3 Å². The highest BCUT2D eigenvalue weighted by Crippen LogP contribution is 2.71. The third kappa shape index (κ3) is 8.85. The smallest absolute Gasteiger partial charge is 0.187 e. The average molecular weight is 951 g/mol. The summed E-state index contributed by atoms with van der Waals surface area (Å²) in [5.41, 5.74) is -0.199. The van der Waals surface area contributed by atoms with Crippen LogP contribution in [0.2, 0.25) is 0 Å². The standard InChI is InChI=1S/C46H78O20/c1-19(18-60-41-38(57)35(54)32(51)28(15-47)62-41)8-11-46(59-5)20(2)31-27(66-46)13-24-22-7-6-21-12-26(25(50)14-45(21,4)23(22)9-10-44(24,31)3)61-43-40(37(56)34(53)30(17-49)64-43)65-42-39(58)36(55)33(52)29(16-48)63-42/h19-43,47-58H,6-18H2,1-5H3/t19-,20+,21-,22-,23+,24+,25+,26-,27+,28-,29-,30-,31+,32-,33-,34+,35+,36+,37+,38-,39-,40-,41-,42+,43-,44+,45+,46-/m1/s1. The van der Waals surface area contributed by atoms with Crippen LogP contribution in [-0.2, 0) is 37.9 Å². The van der Waals surface area contributed by atoms with Gasteiger partial charge in [0.2, 0.25) is 0 Å². The quantitative estimate of drug-likeness (QED) is 0.0826. The highest BCUT2D eigenvalue weighted by molar-refractivity contribution is 5.16. The SMILES string of the molecule is CO[C@]1(CC[C@@H](C)CO[C@@H]2O[C@H](CO)[C@@H](O)[C@H](O)[C@H]2O)O[C@H]2C[C@H]3[C@@H]4CC[C@@H]5C[C@@H](O[C@@H]6O[C@H](CO)[C@H](O)[C@H](O)[C@H]6O[C@@H]6O[C@H](CO)[C@@H](O)[C@H](O)[C@H]6O)[C@@H](O)C[C@]5(C)[C@H]4CC[C@]3(C)[C@H]2[C@@H]1C. The molecule has 8 aliphatic rings. The Morgan fingerprint density at radius 1 is 0.652 bits per heavy atom. The van der Waals surface area contributed by atoms with E-state index in [9.17, 15) is 61.3 Å². The van der Waals surface area contributed by atoms with E-state index >= 15 is 0 Å². The lowest BCUT2D eigenvalue weighted by molar-refractivity contribution is -0.376. The van der Waals surface area contributed by atoms with Gasteiger partial charge in [-0.1, -0.05) is 27.7 Å². The van der Waals surface area contributed by atoms with Crippen LogP contribution in [-0.4, -0.2) is 211 Å². The zero-order valence-corrected chi connectivity index (χ0v) is 38.8. The van der Waals surface area contributed by atoms with Gasteiger partial charge in [-0.15, -0.1) is 0 Å². The fourth-order valence-corrected chi connectivity index (χ4v) is 14.5. The Hall–Kier alpha value is -0.800. The van der Waals surface area contributed by atoms with Crippen LogP contribution in [0.15, 0.2) is 0 Å². The predicted molar refractivity (Wildman–Crippen MR) is 225 cm³/mol. The van der Waals surface area contributed by atoms with Crippen LogP contribution in [0.3, 0.4) is 0 Å². The molecule has 0 aromatic heterocycles. The zero-order valence-electron chi connectivity index (χ0n) is 38.8. The lowest BCUT2D eigenvalue weighted by Crippen LogP contribution is -2.65. The van der Waals surface area contributed by atoms with Crippen molar-refractivity contribution in [1.82, 2.24) is 0 Å². The van der Waals surface area contributed by atoms with Crippen LogP contribution in [0.5, 0.6) is 0 Å². The number of aliphatic hydroxyl groups excluding tert-OH is 12. The van der Waals surface area contributed by atoms with E-state index in [1.807, 2.05) is 6.92 Å². The van der Waals surface area contributed by atoms with Crippen molar-refractivity contribution in [3.63, 3.8) is 0 Å². The molecule has 8 rings (SSSR count). The highest BCUT2D eigenvalue weighted by atomic mass is 16.8. The van der Waals surface area contributed by atoms with Crippen molar-refractivity contribution >= 4 is 0 Å². The third-order valence-electron chi connectivity index (χ3n) is 18.3. The molecule has 20 heteroatoms. The summed E-state index contributed by atoms with van der Waals surface area (Å²) in [6.45, 7) is 7.32. The Kier molecular flexibility index (Phi) is 15.6. The van der Waals surface area contributed by atoms with Crippen LogP contribution < -0.4 is 0 Å². The third-order valence-corrected chi connectivity index (χ3v) is 18.3. The van der Waals surface area contributed by atoms with E-state index in [1.165, 1.54) is 0 Å². The summed E-state index contributed by atoms with van der Waals surface area (Å²) in [5, 5.41) is 125. The Bertz CT molecular complexity index is 1610. The van der Waals surface area contributed by atoms with Crippen molar-refractivity contribution in [3.05, 3.63) is 0 Å². The van der Waals surface area contributed by atoms with Crippen LogP contribution in [0.4, 0.5) is 0 Å². The maximum absolute atomic E-state index is 11.9. The molecule has 8 fully saturated rings. The van der Waals surface area contributed by atoms with Crippen molar-refractivity contribution in [3.8, 4) is 0 Å². The highest BCUT2D eigenvalue weighted by Gasteiger charge is 2.69. The molecule has 4 saturated heterocycles. The molecule has 20 nitrogen and oxygen atoms in total. The molecule has 0 unspecified atom stereocenters. The zero-order chi connectivity index (χ0) is 47.8. The maximum Gasteiger partial charge on any atom is 0.187 e. The molecule has 0 bridgehead atoms. The molecule has 28 atom stereocenters. The molecule has 0 spiro atoms. The van der Waals surface area contributed by atoms with Gasteiger partial charge >= 0.3 is 0 Å². The number of methoxy groups -OCH3 is 1. The van der Waals surface area contributed by atoms with E-state index in [4.69, 9.17) is 37.9 Å². The van der Waals surface area contributed by atoms with E-state index in [0.717, 1.165) is 32.1 Å². The summed E-state index contributed by atoms with van der Waals surface area (Å²) >= 11 is 0. The minimum Gasteiger partial charge on any atom is -0.394 e. The van der Waals surface area contributed by atoms with Crippen LogP contribution in [0.25, 0.3) is 0 Å². The second-order valence-corrected chi connectivity index (χ2v) is 21.8. The first kappa shape index (κ1) is 51.6. The van der Waals surface area contributed by atoms with E-state index in [0.29, 0.717) is 43.4 Å². The Labute approximate surface area is 386 Å². The van der Waals surface area contributed by atoms with Crippen LogP contribution >= 0.6 is 0 Å². The van der Waals surface area contributed by atoms with Crippen LogP contribution in [0.1, 0.15) is 85.5 Å². The summed E-state index contributed by atoms with van der Waals surface area (Å²) in [6, 6.07) is 0. The van der Waals surface area contributed by atoms with Gasteiger partial charge in [0.1, 0.15) is 73.2 Å². The topological polar surface area (TPSA) is 317 Å². The molecular formula is C46H78O20. The van der Waals surface area contributed by atoms with E-state index in [1.54, 1.807) is 7.11 Å². The fourth-order valence-electron chi connectivity index (χ4n) is 14.5. The van der Waals surface area contributed by atoms with Crippen molar-refractivity contribution < 1.29 is 99.2 Å². The molecule has 0 radical (unpaired) electrons. The number of rotatable bonds is 14.